The Hall–Kier alpha value is -0.210. The molecule has 108 valence electrons. The van der Waals surface area contributed by atoms with Crippen molar-refractivity contribution in [3.05, 3.63) is 28.2 Å². The molecule has 0 aliphatic heterocycles. The highest BCUT2D eigenvalue weighted by Gasteiger charge is 2.28. The molecule has 0 bridgehead atoms. The van der Waals surface area contributed by atoms with E-state index in [4.69, 9.17) is 16.3 Å². The highest BCUT2D eigenvalue weighted by atomic mass is 79.9. The molecule has 1 aromatic carbocycles. The minimum absolute atomic E-state index is 0.186. The van der Waals surface area contributed by atoms with Crippen molar-refractivity contribution in [2.24, 2.45) is 5.41 Å². The molecule has 1 unspecified atom stereocenters. The SMILES string of the molecule is CCCCC(CC)(CCl)Cc1cc(Br)ccc1OC. The highest BCUT2D eigenvalue weighted by molar-refractivity contribution is 9.10. The van der Waals surface area contributed by atoms with Crippen LogP contribution < -0.4 is 4.74 Å². The van der Waals surface area contributed by atoms with Crippen LogP contribution in [-0.4, -0.2) is 13.0 Å². The van der Waals surface area contributed by atoms with Gasteiger partial charge in [-0.3, -0.25) is 0 Å². The van der Waals surface area contributed by atoms with Gasteiger partial charge in [0.2, 0.25) is 0 Å². The van der Waals surface area contributed by atoms with Crippen LogP contribution in [0.1, 0.15) is 45.1 Å². The van der Waals surface area contributed by atoms with E-state index in [1.807, 2.05) is 12.1 Å². The van der Waals surface area contributed by atoms with Crippen LogP contribution in [0.2, 0.25) is 0 Å². The zero-order chi connectivity index (χ0) is 14.3. The Morgan fingerprint density at radius 2 is 2.05 bits per heavy atom. The van der Waals surface area contributed by atoms with E-state index in [0.717, 1.165) is 23.1 Å². The molecule has 0 aliphatic rings. The monoisotopic (exact) mass is 346 g/mol. The summed E-state index contributed by atoms with van der Waals surface area (Å²) in [5, 5.41) is 0. The first-order valence-corrected chi connectivity index (χ1v) is 8.32. The average Bonchev–Trinajstić information content (AvgIpc) is 2.44. The van der Waals surface area contributed by atoms with Crippen LogP contribution in [0.25, 0.3) is 0 Å². The number of rotatable bonds is 8. The summed E-state index contributed by atoms with van der Waals surface area (Å²) in [7, 11) is 1.73. The van der Waals surface area contributed by atoms with Crippen LogP contribution in [-0.2, 0) is 6.42 Å². The maximum Gasteiger partial charge on any atom is 0.122 e. The number of halogens is 2. The predicted molar refractivity (Wildman–Crippen MR) is 87.4 cm³/mol. The maximum absolute atomic E-state index is 6.29. The van der Waals surface area contributed by atoms with Gasteiger partial charge in [0.25, 0.3) is 0 Å². The van der Waals surface area contributed by atoms with Crippen molar-refractivity contribution in [2.75, 3.05) is 13.0 Å². The first-order valence-electron chi connectivity index (χ1n) is 6.99. The van der Waals surface area contributed by atoms with Crippen LogP contribution in [0.15, 0.2) is 22.7 Å². The van der Waals surface area contributed by atoms with Gasteiger partial charge in [-0.2, -0.15) is 0 Å². The molecular formula is C16H24BrClO. The number of alkyl halides is 1. The van der Waals surface area contributed by atoms with Crippen molar-refractivity contribution in [2.45, 2.75) is 46.0 Å². The van der Waals surface area contributed by atoms with Gasteiger partial charge in [0.1, 0.15) is 5.75 Å². The van der Waals surface area contributed by atoms with Crippen molar-refractivity contribution in [1.82, 2.24) is 0 Å². The van der Waals surface area contributed by atoms with Crippen molar-refractivity contribution < 1.29 is 4.74 Å². The molecule has 0 fully saturated rings. The number of hydrogen-bond acceptors (Lipinski definition) is 1. The highest BCUT2D eigenvalue weighted by Crippen LogP contribution is 2.37. The minimum Gasteiger partial charge on any atom is -0.496 e. The second-order valence-corrected chi connectivity index (χ2v) is 6.41. The summed E-state index contributed by atoms with van der Waals surface area (Å²) >= 11 is 9.83. The van der Waals surface area contributed by atoms with E-state index < -0.39 is 0 Å². The van der Waals surface area contributed by atoms with Gasteiger partial charge in [-0.25, -0.2) is 0 Å². The van der Waals surface area contributed by atoms with Gasteiger partial charge in [0.05, 0.1) is 7.11 Å². The zero-order valence-corrected chi connectivity index (χ0v) is 14.5. The lowest BCUT2D eigenvalue weighted by atomic mass is 9.77. The normalized spacial score (nSPS) is 14.2. The summed E-state index contributed by atoms with van der Waals surface area (Å²) in [6.45, 7) is 4.47. The van der Waals surface area contributed by atoms with E-state index in [-0.39, 0.29) is 5.41 Å². The summed E-state index contributed by atoms with van der Waals surface area (Å²) in [5.74, 6) is 1.67. The Kier molecular flexibility index (Phi) is 7.23. The molecule has 1 nitrogen and oxygen atoms in total. The van der Waals surface area contributed by atoms with Crippen molar-refractivity contribution >= 4 is 27.5 Å². The molecule has 0 spiro atoms. The van der Waals surface area contributed by atoms with Crippen molar-refractivity contribution in [3.8, 4) is 5.75 Å². The van der Waals surface area contributed by atoms with E-state index >= 15 is 0 Å². The molecule has 0 aromatic heterocycles. The first kappa shape index (κ1) is 16.8. The average molecular weight is 348 g/mol. The molecule has 0 saturated heterocycles. The molecule has 1 atom stereocenters. The fourth-order valence-corrected chi connectivity index (χ4v) is 3.27. The van der Waals surface area contributed by atoms with Gasteiger partial charge in [-0.15, -0.1) is 11.6 Å². The lowest BCUT2D eigenvalue weighted by molar-refractivity contribution is 0.274. The topological polar surface area (TPSA) is 9.23 Å². The van der Waals surface area contributed by atoms with Crippen LogP contribution in [0, 0.1) is 5.41 Å². The van der Waals surface area contributed by atoms with Gasteiger partial charge >= 0.3 is 0 Å². The molecule has 0 amide bonds. The van der Waals surface area contributed by atoms with Gasteiger partial charge < -0.3 is 4.74 Å². The third-order valence-electron chi connectivity index (χ3n) is 3.90. The molecule has 0 radical (unpaired) electrons. The second kappa shape index (κ2) is 8.16. The second-order valence-electron chi connectivity index (χ2n) is 5.22. The van der Waals surface area contributed by atoms with E-state index in [1.54, 1.807) is 7.11 Å². The number of hydrogen-bond donors (Lipinski definition) is 0. The fraction of sp³-hybridized carbons (Fsp3) is 0.625. The Labute approximate surface area is 130 Å². The third kappa shape index (κ3) is 4.68. The van der Waals surface area contributed by atoms with Crippen LogP contribution >= 0.6 is 27.5 Å². The van der Waals surface area contributed by atoms with Gasteiger partial charge in [0, 0.05) is 10.4 Å². The molecule has 0 aliphatic carbocycles. The minimum atomic E-state index is 0.186. The summed E-state index contributed by atoms with van der Waals surface area (Å²) in [6.07, 6.45) is 5.71. The smallest absolute Gasteiger partial charge is 0.122 e. The molecule has 0 saturated carbocycles. The van der Waals surface area contributed by atoms with E-state index in [2.05, 4.69) is 35.8 Å². The van der Waals surface area contributed by atoms with Crippen molar-refractivity contribution in [1.29, 1.82) is 0 Å². The van der Waals surface area contributed by atoms with Gasteiger partial charge in [-0.1, -0.05) is 42.6 Å². The Morgan fingerprint density at radius 1 is 1.32 bits per heavy atom. The Balaban J connectivity index is 2.98. The lowest BCUT2D eigenvalue weighted by Gasteiger charge is -2.31. The summed E-state index contributed by atoms with van der Waals surface area (Å²) in [5.41, 5.74) is 1.43. The van der Waals surface area contributed by atoms with Gasteiger partial charge in [0.15, 0.2) is 0 Å². The number of methoxy groups -OCH3 is 1. The van der Waals surface area contributed by atoms with E-state index in [9.17, 15) is 0 Å². The quantitative estimate of drug-likeness (QED) is 0.538. The lowest BCUT2D eigenvalue weighted by Crippen LogP contribution is -2.25. The summed E-state index contributed by atoms with van der Waals surface area (Å²) in [4.78, 5) is 0. The number of benzene rings is 1. The zero-order valence-electron chi connectivity index (χ0n) is 12.1. The van der Waals surface area contributed by atoms with Gasteiger partial charge in [-0.05, 0) is 48.4 Å². The fourth-order valence-electron chi connectivity index (χ4n) is 2.44. The van der Waals surface area contributed by atoms with Crippen molar-refractivity contribution in [3.63, 3.8) is 0 Å². The summed E-state index contributed by atoms with van der Waals surface area (Å²) < 4.78 is 6.57. The molecule has 1 aromatic rings. The Morgan fingerprint density at radius 3 is 2.58 bits per heavy atom. The largest absolute Gasteiger partial charge is 0.496 e. The number of unbranched alkanes of at least 4 members (excludes halogenated alkanes) is 1. The summed E-state index contributed by atoms with van der Waals surface area (Å²) in [6, 6.07) is 6.19. The maximum atomic E-state index is 6.29. The molecule has 3 heteroatoms. The van der Waals surface area contributed by atoms with Crippen LogP contribution in [0.5, 0.6) is 5.75 Å². The van der Waals surface area contributed by atoms with E-state index in [1.165, 1.54) is 24.8 Å². The molecule has 0 heterocycles. The van der Waals surface area contributed by atoms with E-state index in [0.29, 0.717) is 5.88 Å². The predicted octanol–water partition coefficient (Wildman–Crippen LogP) is 5.83. The van der Waals surface area contributed by atoms with Crippen LogP contribution in [0.4, 0.5) is 0 Å². The van der Waals surface area contributed by atoms with Crippen LogP contribution in [0.3, 0.4) is 0 Å². The third-order valence-corrected chi connectivity index (χ3v) is 4.96. The molecule has 1 rings (SSSR count). The molecule has 0 N–H and O–H groups in total. The molecular weight excluding hydrogens is 324 g/mol. The molecule has 19 heavy (non-hydrogen) atoms. The number of ether oxygens (including phenoxy) is 1. The Bertz CT molecular complexity index is 388. The first-order chi connectivity index (χ1) is 9.10. The standard InChI is InChI=1S/C16H24BrClO/c1-4-6-9-16(5-2,12-18)11-13-10-14(17)7-8-15(13)19-3/h7-8,10H,4-6,9,11-12H2,1-3H3.